The molecule has 2 aromatic rings. The molecule has 0 unspecified atom stereocenters. The van der Waals surface area contributed by atoms with Crippen LogP contribution in [0.25, 0.3) is 0 Å². The first kappa shape index (κ1) is 21.4. The van der Waals surface area contributed by atoms with Crippen molar-refractivity contribution in [2.45, 2.75) is 36.9 Å². The van der Waals surface area contributed by atoms with Crippen molar-refractivity contribution in [3.63, 3.8) is 0 Å². The first-order valence-corrected chi connectivity index (χ1v) is 10.6. The molecule has 0 spiro atoms. The molecule has 5 nitrogen and oxygen atoms in total. The van der Waals surface area contributed by atoms with Gasteiger partial charge >= 0.3 is 6.18 Å². The minimum Gasteiger partial charge on any atom is -0.349 e. The number of halogens is 4. The van der Waals surface area contributed by atoms with Crippen molar-refractivity contribution in [3.8, 4) is 0 Å². The summed E-state index contributed by atoms with van der Waals surface area (Å²) in [6.45, 7) is 1.86. The Morgan fingerprint density at radius 2 is 1.86 bits per heavy atom. The minimum absolute atomic E-state index is 0.0221. The van der Waals surface area contributed by atoms with Crippen LogP contribution in [0.3, 0.4) is 0 Å². The van der Waals surface area contributed by atoms with Gasteiger partial charge in [0.2, 0.25) is 0 Å². The van der Waals surface area contributed by atoms with Gasteiger partial charge in [-0.15, -0.1) is 0 Å². The number of carbonyl (C=O) groups is 1. The third kappa shape index (κ3) is 5.22. The number of rotatable bonds is 6. The molecule has 10 heteroatoms. The summed E-state index contributed by atoms with van der Waals surface area (Å²) in [5.74, 6) is -0.113. The predicted molar refractivity (Wildman–Crippen MR) is 103 cm³/mol. The van der Waals surface area contributed by atoms with Gasteiger partial charge in [-0.05, 0) is 62.1 Å². The molecule has 0 aliphatic heterocycles. The molecule has 0 radical (unpaired) electrons. The van der Waals surface area contributed by atoms with E-state index in [1.54, 1.807) is 0 Å². The maximum Gasteiger partial charge on any atom is 0.416 e. The zero-order valence-corrected chi connectivity index (χ0v) is 16.8. The van der Waals surface area contributed by atoms with Crippen molar-refractivity contribution >= 4 is 33.2 Å². The number of carbonyl (C=O) groups excluding carboxylic acids is 1. The monoisotopic (exact) mass is 446 g/mol. The fraction of sp³-hybridized carbons (Fsp3) is 0.316. The van der Waals surface area contributed by atoms with E-state index in [-0.39, 0.29) is 27.2 Å². The summed E-state index contributed by atoms with van der Waals surface area (Å²) < 4.78 is 65.9. The lowest BCUT2D eigenvalue weighted by atomic mass is 10.1. The molecule has 1 atom stereocenters. The highest BCUT2D eigenvalue weighted by molar-refractivity contribution is 7.92. The van der Waals surface area contributed by atoms with Crippen LogP contribution in [0.2, 0.25) is 5.02 Å². The normalized spacial score (nSPS) is 15.6. The quantitative estimate of drug-likeness (QED) is 0.676. The van der Waals surface area contributed by atoms with Gasteiger partial charge in [-0.3, -0.25) is 9.52 Å². The average molecular weight is 447 g/mol. The molecule has 1 saturated carbocycles. The van der Waals surface area contributed by atoms with Crippen molar-refractivity contribution in [2.24, 2.45) is 5.92 Å². The summed E-state index contributed by atoms with van der Waals surface area (Å²) in [5.41, 5.74) is -1.25. The first-order valence-electron chi connectivity index (χ1n) is 8.78. The van der Waals surface area contributed by atoms with Crippen LogP contribution < -0.4 is 10.0 Å². The number of amides is 1. The van der Waals surface area contributed by atoms with Gasteiger partial charge in [0.25, 0.3) is 15.9 Å². The van der Waals surface area contributed by atoms with E-state index in [4.69, 9.17) is 11.6 Å². The van der Waals surface area contributed by atoms with Crippen LogP contribution >= 0.6 is 11.6 Å². The molecule has 29 heavy (non-hydrogen) atoms. The third-order valence-corrected chi connectivity index (χ3v) is 6.33. The van der Waals surface area contributed by atoms with E-state index < -0.39 is 27.7 Å². The summed E-state index contributed by atoms with van der Waals surface area (Å²) in [7, 11) is -4.24. The van der Waals surface area contributed by atoms with E-state index in [0.29, 0.717) is 12.0 Å². The lowest BCUT2D eigenvalue weighted by Gasteiger charge is -2.15. The van der Waals surface area contributed by atoms with Crippen molar-refractivity contribution in [1.29, 1.82) is 0 Å². The molecule has 156 valence electrons. The largest absolute Gasteiger partial charge is 0.416 e. The van der Waals surface area contributed by atoms with Gasteiger partial charge in [0.1, 0.15) is 0 Å². The van der Waals surface area contributed by atoms with E-state index in [1.165, 1.54) is 18.2 Å². The molecule has 1 aliphatic rings. The number of hydrogen-bond donors (Lipinski definition) is 2. The van der Waals surface area contributed by atoms with Crippen LogP contribution in [0, 0.1) is 5.92 Å². The summed E-state index contributed by atoms with van der Waals surface area (Å²) in [6.07, 6.45) is -2.57. The number of alkyl halides is 3. The second-order valence-electron chi connectivity index (χ2n) is 6.93. The second-order valence-corrected chi connectivity index (χ2v) is 9.01. The van der Waals surface area contributed by atoms with Gasteiger partial charge in [0, 0.05) is 11.7 Å². The zero-order chi connectivity index (χ0) is 21.4. The van der Waals surface area contributed by atoms with Crippen LogP contribution in [-0.2, 0) is 16.2 Å². The topological polar surface area (TPSA) is 75.3 Å². The highest BCUT2D eigenvalue weighted by Crippen LogP contribution is 2.33. The van der Waals surface area contributed by atoms with E-state index in [9.17, 15) is 26.4 Å². The number of benzene rings is 2. The van der Waals surface area contributed by atoms with Gasteiger partial charge < -0.3 is 5.32 Å². The molecule has 0 bridgehead atoms. The van der Waals surface area contributed by atoms with Crippen LogP contribution in [0.15, 0.2) is 47.4 Å². The second kappa shape index (κ2) is 7.87. The fourth-order valence-corrected chi connectivity index (χ4v) is 4.10. The first-order chi connectivity index (χ1) is 13.5. The van der Waals surface area contributed by atoms with Gasteiger partial charge in [0.15, 0.2) is 0 Å². The summed E-state index contributed by atoms with van der Waals surface area (Å²) in [4.78, 5) is 12.2. The molecule has 0 aromatic heterocycles. The number of hydrogen-bond acceptors (Lipinski definition) is 3. The van der Waals surface area contributed by atoms with Crippen molar-refractivity contribution in [2.75, 3.05) is 4.72 Å². The summed E-state index contributed by atoms with van der Waals surface area (Å²) in [6, 6.07) is 7.31. The Morgan fingerprint density at radius 1 is 1.17 bits per heavy atom. The number of nitrogens with one attached hydrogen (secondary N) is 2. The molecular weight excluding hydrogens is 429 g/mol. The Hall–Kier alpha value is -2.26. The Bertz CT molecular complexity index is 1040. The molecule has 2 aromatic carbocycles. The van der Waals surface area contributed by atoms with Crippen LogP contribution in [-0.4, -0.2) is 20.4 Å². The number of sulfonamides is 1. The fourth-order valence-electron chi connectivity index (χ4n) is 2.82. The highest BCUT2D eigenvalue weighted by atomic mass is 35.5. The average Bonchev–Trinajstić information content (AvgIpc) is 3.46. The predicted octanol–water partition coefficient (Wildman–Crippen LogP) is 4.69. The highest BCUT2D eigenvalue weighted by Gasteiger charge is 2.31. The number of anilines is 1. The Labute approximate surface area is 171 Å². The van der Waals surface area contributed by atoms with E-state index >= 15 is 0 Å². The van der Waals surface area contributed by atoms with Crippen molar-refractivity contribution < 1.29 is 26.4 Å². The Balaban J connectivity index is 1.84. The SMILES string of the molecule is C[C@H](NC(=O)c1cc(S(=O)(=O)Nc2cccc(C(F)(F)F)c2)ccc1Cl)C1CC1. The van der Waals surface area contributed by atoms with Crippen molar-refractivity contribution in [1.82, 2.24) is 5.32 Å². The smallest absolute Gasteiger partial charge is 0.349 e. The minimum atomic E-state index is -4.61. The molecule has 1 aliphatic carbocycles. The molecule has 0 heterocycles. The van der Waals surface area contributed by atoms with Crippen LogP contribution in [0.1, 0.15) is 35.7 Å². The lowest BCUT2D eigenvalue weighted by Crippen LogP contribution is -2.34. The maximum atomic E-state index is 12.8. The van der Waals surface area contributed by atoms with Crippen LogP contribution in [0.4, 0.5) is 18.9 Å². The van der Waals surface area contributed by atoms with Gasteiger partial charge in [0.05, 0.1) is 21.0 Å². The molecule has 1 fully saturated rings. The van der Waals surface area contributed by atoms with Gasteiger partial charge in [-0.25, -0.2) is 8.42 Å². The van der Waals surface area contributed by atoms with Gasteiger partial charge in [-0.2, -0.15) is 13.2 Å². The van der Waals surface area contributed by atoms with E-state index in [1.807, 2.05) is 6.92 Å². The van der Waals surface area contributed by atoms with Gasteiger partial charge in [-0.1, -0.05) is 17.7 Å². The van der Waals surface area contributed by atoms with E-state index in [0.717, 1.165) is 31.0 Å². The third-order valence-electron chi connectivity index (χ3n) is 4.62. The molecule has 2 N–H and O–H groups in total. The zero-order valence-electron chi connectivity index (χ0n) is 15.3. The Morgan fingerprint density at radius 3 is 2.48 bits per heavy atom. The standard InChI is InChI=1S/C19H18ClF3N2O3S/c1-11(12-5-6-12)24-18(26)16-10-15(7-8-17(16)20)29(27,28)25-14-4-2-3-13(9-14)19(21,22)23/h2-4,7-12,25H,5-6H2,1H3,(H,24,26)/t11-/m0/s1. The Kier molecular flexibility index (Phi) is 5.82. The van der Waals surface area contributed by atoms with E-state index in [2.05, 4.69) is 10.0 Å². The van der Waals surface area contributed by atoms with Crippen molar-refractivity contribution in [3.05, 3.63) is 58.6 Å². The summed E-state index contributed by atoms with van der Waals surface area (Å²) in [5, 5.41) is 2.86. The summed E-state index contributed by atoms with van der Waals surface area (Å²) >= 11 is 6.05. The molecule has 0 saturated heterocycles. The molecule has 1 amide bonds. The van der Waals surface area contributed by atoms with Crippen LogP contribution in [0.5, 0.6) is 0 Å². The lowest BCUT2D eigenvalue weighted by molar-refractivity contribution is -0.137. The molecular formula is C19H18ClF3N2O3S. The maximum absolute atomic E-state index is 12.8. The molecule has 3 rings (SSSR count).